The standard InChI is InChI=1S/C25H22F3N3O3/c1-2-33-17-7-5-14-4-3-9-29-21(14)20(17)23(32)31-13-16-10-24(16)11-18(22(24)31)34-19-8-6-15(12-30-19)25(26,27)28/h3-9,12,16,18,22H,2,10-11,13H2,1H3. The number of alkyl halides is 3. The van der Waals surface area contributed by atoms with Crippen LogP contribution in [-0.4, -0.2) is 46.1 Å². The van der Waals surface area contributed by atoms with E-state index in [9.17, 15) is 18.0 Å². The second-order valence-electron chi connectivity index (χ2n) is 9.23. The molecule has 2 aliphatic carbocycles. The minimum atomic E-state index is -4.45. The zero-order valence-electron chi connectivity index (χ0n) is 18.4. The van der Waals surface area contributed by atoms with E-state index in [2.05, 4.69) is 9.97 Å². The first-order valence-electron chi connectivity index (χ1n) is 11.3. The van der Waals surface area contributed by atoms with Crippen LogP contribution in [0, 0.1) is 11.3 Å². The molecule has 2 aromatic heterocycles. The van der Waals surface area contributed by atoms with Crippen molar-refractivity contribution in [1.82, 2.24) is 14.9 Å². The van der Waals surface area contributed by atoms with E-state index in [1.54, 1.807) is 12.3 Å². The lowest BCUT2D eigenvalue weighted by atomic mass is 9.73. The highest BCUT2D eigenvalue weighted by atomic mass is 19.4. The second-order valence-corrected chi connectivity index (χ2v) is 9.23. The maximum Gasteiger partial charge on any atom is 0.417 e. The van der Waals surface area contributed by atoms with Crippen molar-refractivity contribution in [2.75, 3.05) is 13.2 Å². The third-order valence-corrected chi connectivity index (χ3v) is 7.40. The van der Waals surface area contributed by atoms with Gasteiger partial charge in [-0.2, -0.15) is 13.2 Å². The lowest BCUT2D eigenvalue weighted by molar-refractivity contribution is -0.137. The van der Waals surface area contributed by atoms with E-state index in [-0.39, 0.29) is 29.3 Å². The number of halogens is 3. The summed E-state index contributed by atoms with van der Waals surface area (Å²) < 4.78 is 50.3. The third-order valence-electron chi connectivity index (χ3n) is 7.40. The summed E-state index contributed by atoms with van der Waals surface area (Å²) in [6.07, 6.45) is -0.540. The fraction of sp³-hybridized carbons (Fsp3) is 0.400. The number of fused-ring (bicyclic) bond motifs is 1. The highest BCUT2D eigenvalue weighted by Crippen LogP contribution is 2.71. The topological polar surface area (TPSA) is 64.5 Å². The van der Waals surface area contributed by atoms with Crippen molar-refractivity contribution in [2.24, 2.45) is 11.3 Å². The number of aromatic nitrogens is 2. The first-order valence-corrected chi connectivity index (χ1v) is 11.3. The molecule has 1 aliphatic heterocycles. The van der Waals surface area contributed by atoms with E-state index >= 15 is 0 Å². The second kappa shape index (κ2) is 7.32. The van der Waals surface area contributed by atoms with Gasteiger partial charge in [-0.25, -0.2) is 4.98 Å². The van der Waals surface area contributed by atoms with Gasteiger partial charge in [0.25, 0.3) is 5.91 Å². The number of carbonyl (C=O) groups excluding carboxylic acids is 1. The lowest BCUT2D eigenvalue weighted by Crippen LogP contribution is -2.59. The molecule has 3 aromatic rings. The Kier molecular flexibility index (Phi) is 4.56. The number of pyridine rings is 2. The monoisotopic (exact) mass is 469 g/mol. The zero-order valence-corrected chi connectivity index (χ0v) is 18.4. The molecule has 176 valence electrons. The van der Waals surface area contributed by atoms with Crippen LogP contribution >= 0.6 is 0 Å². The Labute approximate surface area is 193 Å². The van der Waals surface area contributed by atoms with Crippen molar-refractivity contribution in [3.63, 3.8) is 0 Å². The SMILES string of the molecule is CCOc1ccc2cccnc2c1C(=O)N1CC2CC23CC(Oc2ccc(C(F)(F)F)cn2)C13. The number of hydrogen-bond donors (Lipinski definition) is 0. The van der Waals surface area contributed by atoms with Crippen LogP contribution < -0.4 is 9.47 Å². The summed E-state index contributed by atoms with van der Waals surface area (Å²) in [5, 5.41) is 0.851. The van der Waals surface area contributed by atoms with Gasteiger partial charge in [0.05, 0.1) is 23.7 Å². The molecule has 3 fully saturated rings. The fourth-order valence-corrected chi connectivity index (χ4v) is 5.78. The van der Waals surface area contributed by atoms with Crippen molar-refractivity contribution in [3.8, 4) is 11.6 Å². The molecule has 1 amide bonds. The number of ether oxygens (including phenoxy) is 2. The van der Waals surface area contributed by atoms with Crippen molar-refractivity contribution < 1.29 is 27.4 Å². The molecule has 0 N–H and O–H groups in total. The predicted molar refractivity (Wildman–Crippen MR) is 117 cm³/mol. The highest BCUT2D eigenvalue weighted by Gasteiger charge is 2.76. The molecular weight excluding hydrogens is 447 g/mol. The van der Waals surface area contributed by atoms with Gasteiger partial charge in [-0.05, 0) is 49.9 Å². The number of amides is 1. The quantitative estimate of drug-likeness (QED) is 0.541. The van der Waals surface area contributed by atoms with Crippen molar-refractivity contribution in [1.29, 1.82) is 0 Å². The minimum Gasteiger partial charge on any atom is -0.493 e. The largest absolute Gasteiger partial charge is 0.493 e. The molecule has 9 heteroatoms. The van der Waals surface area contributed by atoms with Crippen LogP contribution in [0.2, 0.25) is 0 Å². The number of rotatable bonds is 5. The molecule has 1 spiro atoms. The van der Waals surface area contributed by atoms with Gasteiger partial charge in [0.15, 0.2) is 0 Å². The summed E-state index contributed by atoms with van der Waals surface area (Å²) in [6, 6.07) is 9.47. The summed E-state index contributed by atoms with van der Waals surface area (Å²) >= 11 is 0. The smallest absolute Gasteiger partial charge is 0.417 e. The molecule has 34 heavy (non-hydrogen) atoms. The van der Waals surface area contributed by atoms with Crippen LogP contribution in [0.15, 0.2) is 48.8 Å². The highest BCUT2D eigenvalue weighted by molar-refractivity contribution is 6.08. The summed E-state index contributed by atoms with van der Waals surface area (Å²) in [5.74, 6) is 0.888. The summed E-state index contributed by atoms with van der Waals surface area (Å²) in [6.45, 7) is 2.91. The van der Waals surface area contributed by atoms with Gasteiger partial charge in [0.2, 0.25) is 5.88 Å². The van der Waals surface area contributed by atoms with E-state index in [1.807, 2.05) is 30.0 Å². The fourth-order valence-electron chi connectivity index (χ4n) is 5.78. The number of carbonyl (C=O) groups is 1. The average Bonchev–Trinajstić information content (AvgIpc) is 3.46. The number of likely N-dealkylation sites (tertiary alicyclic amines) is 1. The lowest BCUT2D eigenvalue weighted by Gasteiger charge is -2.47. The van der Waals surface area contributed by atoms with Crippen LogP contribution in [0.3, 0.4) is 0 Å². The Balaban J connectivity index is 1.29. The Morgan fingerprint density at radius 2 is 2.03 bits per heavy atom. The van der Waals surface area contributed by atoms with Gasteiger partial charge in [-0.1, -0.05) is 6.07 Å². The maximum absolute atomic E-state index is 13.9. The van der Waals surface area contributed by atoms with Crippen LogP contribution in [0.1, 0.15) is 35.7 Å². The molecule has 4 unspecified atom stereocenters. The van der Waals surface area contributed by atoms with Gasteiger partial charge in [0, 0.05) is 35.8 Å². The first kappa shape index (κ1) is 21.2. The van der Waals surface area contributed by atoms with Crippen LogP contribution in [-0.2, 0) is 6.18 Å². The van der Waals surface area contributed by atoms with Crippen LogP contribution in [0.4, 0.5) is 13.2 Å². The minimum absolute atomic E-state index is 0.0377. The Morgan fingerprint density at radius 1 is 1.18 bits per heavy atom. The van der Waals surface area contributed by atoms with Gasteiger partial charge in [0.1, 0.15) is 17.4 Å². The van der Waals surface area contributed by atoms with E-state index in [1.165, 1.54) is 6.07 Å². The van der Waals surface area contributed by atoms with E-state index in [0.717, 1.165) is 30.5 Å². The normalized spacial score (nSPS) is 27.1. The molecule has 1 saturated heterocycles. The van der Waals surface area contributed by atoms with Crippen LogP contribution in [0.25, 0.3) is 10.9 Å². The first-order chi connectivity index (χ1) is 16.3. The molecule has 3 aliphatic rings. The van der Waals surface area contributed by atoms with Gasteiger partial charge in [-0.3, -0.25) is 9.78 Å². The average molecular weight is 469 g/mol. The van der Waals surface area contributed by atoms with Gasteiger partial charge in [-0.15, -0.1) is 0 Å². The number of hydrogen-bond acceptors (Lipinski definition) is 5. The molecule has 4 atom stereocenters. The molecular formula is C25H22F3N3O3. The van der Waals surface area contributed by atoms with E-state index in [0.29, 0.717) is 35.9 Å². The summed E-state index contributed by atoms with van der Waals surface area (Å²) in [5.41, 5.74) is 0.247. The zero-order chi connectivity index (χ0) is 23.7. The molecule has 6 rings (SSSR count). The third kappa shape index (κ3) is 3.13. The number of piperidine rings is 1. The molecule has 6 nitrogen and oxygen atoms in total. The molecule has 3 heterocycles. The van der Waals surface area contributed by atoms with E-state index in [4.69, 9.17) is 9.47 Å². The van der Waals surface area contributed by atoms with E-state index < -0.39 is 11.7 Å². The molecule has 1 aromatic carbocycles. The van der Waals surface area contributed by atoms with Crippen molar-refractivity contribution in [3.05, 3.63) is 59.9 Å². The van der Waals surface area contributed by atoms with Gasteiger partial charge >= 0.3 is 6.18 Å². The maximum atomic E-state index is 13.9. The van der Waals surface area contributed by atoms with Crippen molar-refractivity contribution in [2.45, 2.75) is 38.1 Å². The Hall–Kier alpha value is -3.36. The van der Waals surface area contributed by atoms with Crippen LogP contribution in [0.5, 0.6) is 11.6 Å². The summed E-state index contributed by atoms with van der Waals surface area (Å²) in [7, 11) is 0. The number of nitrogens with zero attached hydrogens (tertiary/aromatic N) is 3. The Bertz CT molecular complexity index is 1280. The Morgan fingerprint density at radius 3 is 2.76 bits per heavy atom. The summed E-state index contributed by atoms with van der Waals surface area (Å²) in [4.78, 5) is 24.0. The number of benzene rings is 1. The molecule has 0 bridgehead atoms. The van der Waals surface area contributed by atoms with Crippen molar-refractivity contribution >= 4 is 16.8 Å². The van der Waals surface area contributed by atoms with Gasteiger partial charge < -0.3 is 14.4 Å². The molecule has 2 saturated carbocycles. The predicted octanol–water partition coefficient (Wildman–Crippen LogP) is 4.73. The molecule has 0 radical (unpaired) electrons.